The van der Waals surface area contributed by atoms with Gasteiger partial charge in [0.25, 0.3) is 0 Å². The number of aromatic hydroxyl groups is 1. The van der Waals surface area contributed by atoms with Gasteiger partial charge in [0.2, 0.25) is 0 Å². The maximum absolute atomic E-state index is 11.1. The Morgan fingerprint density at radius 1 is 1.54 bits per heavy atom. The van der Waals surface area contributed by atoms with Crippen LogP contribution in [0.2, 0.25) is 5.02 Å². The number of Topliss-reactive ketones (excluding diaryl/α,β-unsaturated/α-hetero) is 1. The van der Waals surface area contributed by atoms with Gasteiger partial charge in [0.1, 0.15) is 10.8 Å². The van der Waals surface area contributed by atoms with Crippen LogP contribution in [-0.4, -0.2) is 18.0 Å². The Labute approximate surface area is 80.9 Å². The van der Waals surface area contributed by atoms with Crippen molar-refractivity contribution < 1.29 is 14.6 Å². The molecule has 0 unspecified atom stereocenters. The van der Waals surface area contributed by atoms with Crippen molar-refractivity contribution in [2.45, 2.75) is 6.92 Å². The summed E-state index contributed by atoms with van der Waals surface area (Å²) in [5, 5.41) is 9.28. The van der Waals surface area contributed by atoms with Gasteiger partial charge in [-0.1, -0.05) is 11.6 Å². The summed E-state index contributed by atoms with van der Waals surface area (Å²) in [4.78, 5) is 11.1. The minimum atomic E-state index is -0.154. The van der Waals surface area contributed by atoms with Gasteiger partial charge in [-0.3, -0.25) is 4.79 Å². The molecule has 70 valence electrons. The summed E-state index contributed by atoms with van der Waals surface area (Å²) in [5.41, 5.74) is 0.366. The third-order valence-electron chi connectivity index (χ3n) is 1.66. The highest BCUT2D eigenvalue weighted by Crippen LogP contribution is 2.36. The first-order valence-electron chi connectivity index (χ1n) is 3.64. The Hall–Kier alpha value is -1.22. The highest BCUT2D eigenvalue weighted by Gasteiger charge is 2.14. The van der Waals surface area contributed by atoms with E-state index in [1.165, 1.54) is 26.2 Å². The lowest BCUT2D eigenvalue weighted by Crippen LogP contribution is -1.97. The molecule has 0 spiro atoms. The average Bonchev–Trinajstić information content (AvgIpc) is 2.09. The zero-order valence-electron chi connectivity index (χ0n) is 7.30. The highest BCUT2D eigenvalue weighted by atomic mass is 35.5. The fourth-order valence-electron chi connectivity index (χ4n) is 1.02. The molecular formula is C9H9ClO3. The summed E-state index contributed by atoms with van der Waals surface area (Å²) in [5.74, 6) is -0.0311. The van der Waals surface area contributed by atoms with Crippen LogP contribution in [0, 0.1) is 0 Å². The van der Waals surface area contributed by atoms with Crippen molar-refractivity contribution in [2.24, 2.45) is 0 Å². The second-order valence-corrected chi connectivity index (χ2v) is 2.91. The van der Waals surface area contributed by atoms with Crippen LogP contribution in [0.1, 0.15) is 17.3 Å². The van der Waals surface area contributed by atoms with Gasteiger partial charge in [0.05, 0.1) is 12.7 Å². The number of carbonyl (C=O) groups excluding carboxylic acids is 1. The molecule has 0 aliphatic rings. The summed E-state index contributed by atoms with van der Waals surface area (Å²) in [6.45, 7) is 1.41. The number of hydrogen-bond acceptors (Lipinski definition) is 3. The summed E-state index contributed by atoms with van der Waals surface area (Å²) >= 11 is 5.72. The zero-order chi connectivity index (χ0) is 10.0. The number of halogens is 1. The second-order valence-electron chi connectivity index (χ2n) is 2.54. The number of phenols is 1. The van der Waals surface area contributed by atoms with Crippen LogP contribution in [0.5, 0.6) is 11.5 Å². The molecule has 0 aliphatic heterocycles. The van der Waals surface area contributed by atoms with Crippen LogP contribution >= 0.6 is 11.6 Å². The van der Waals surface area contributed by atoms with Crippen molar-refractivity contribution in [3.63, 3.8) is 0 Å². The van der Waals surface area contributed by atoms with E-state index in [0.29, 0.717) is 5.56 Å². The van der Waals surface area contributed by atoms with E-state index in [2.05, 4.69) is 0 Å². The fourth-order valence-corrected chi connectivity index (χ4v) is 1.26. The number of phenolic OH excluding ortho intramolecular Hbond substituents is 1. The minimum absolute atomic E-state index is 0.0650. The molecule has 4 heteroatoms. The molecule has 1 aromatic carbocycles. The van der Waals surface area contributed by atoms with Crippen LogP contribution in [0.15, 0.2) is 12.1 Å². The van der Waals surface area contributed by atoms with E-state index in [4.69, 9.17) is 16.3 Å². The Balaban J connectivity index is 3.38. The second kappa shape index (κ2) is 3.66. The molecule has 1 rings (SSSR count). The van der Waals surface area contributed by atoms with Gasteiger partial charge in [-0.05, 0) is 19.1 Å². The van der Waals surface area contributed by atoms with Gasteiger partial charge < -0.3 is 9.84 Å². The predicted molar refractivity (Wildman–Crippen MR) is 49.7 cm³/mol. The topological polar surface area (TPSA) is 46.5 Å². The Bertz CT molecular complexity index is 347. The molecule has 3 nitrogen and oxygen atoms in total. The summed E-state index contributed by atoms with van der Waals surface area (Å²) in [7, 11) is 1.40. The lowest BCUT2D eigenvalue weighted by Gasteiger charge is -2.08. The summed E-state index contributed by atoms with van der Waals surface area (Å²) < 4.78 is 4.91. The maximum Gasteiger partial charge on any atom is 0.163 e. The molecular weight excluding hydrogens is 192 g/mol. The molecule has 0 fully saturated rings. The standard InChI is InChI=1S/C9H9ClO3/c1-5(11)6-3-4-7(12)8(10)9(6)13-2/h3-4,12H,1-2H3. The quantitative estimate of drug-likeness (QED) is 0.745. The van der Waals surface area contributed by atoms with Crippen molar-refractivity contribution in [2.75, 3.05) is 7.11 Å². The van der Waals surface area contributed by atoms with Crippen molar-refractivity contribution in [1.82, 2.24) is 0 Å². The Kier molecular flexibility index (Phi) is 2.78. The number of methoxy groups -OCH3 is 1. The zero-order valence-corrected chi connectivity index (χ0v) is 8.05. The van der Waals surface area contributed by atoms with Gasteiger partial charge in [0.15, 0.2) is 11.5 Å². The van der Waals surface area contributed by atoms with E-state index in [1.807, 2.05) is 0 Å². The first kappa shape index (κ1) is 9.86. The van der Waals surface area contributed by atoms with Crippen LogP contribution in [-0.2, 0) is 0 Å². The molecule has 0 heterocycles. The third kappa shape index (κ3) is 1.75. The third-order valence-corrected chi connectivity index (χ3v) is 2.03. The monoisotopic (exact) mass is 200 g/mol. The fraction of sp³-hybridized carbons (Fsp3) is 0.222. The minimum Gasteiger partial charge on any atom is -0.506 e. The van der Waals surface area contributed by atoms with Gasteiger partial charge in [-0.25, -0.2) is 0 Å². The number of ketones is 1. The van der Waals surface area contributed by atoms with Crippen LogP contribution in [0.3, 0.4) is 0 Å². The SMILES string of the molecule is COc1c(C(C)=O)ccc(O)c1Cl. The molecule has 1 aromatic rings. The maximum atomic E-state index is 11.1. The smallest absolute Gasteiger partial charge is 0.163 e. The molecule has 0 radical (unpaired) electrons. The number of hydrogen-bond donors (Lipinski definition) is 1. The summed E-state index contributed by atoms with van der Waals surface area (Å²) in [6.07, 6.45) is 0. The predicted octanol–water partition coefficient (Wildman–Crippen LogP) is 2.26. The molecule has 0 saturated carbocycles. The molecule has 13 heavy (non-hydrogen) atoms. The molecule has 0 atom stereocenters. The van der Waals surface area contributed by atoms with E-state index in [0.717, 1.165) is 0 Å². The molecule has 0 saturated heterocycles. The first-order chi connectivity index (χ1) is 6.07. The molecule has 0 aliphatic carbocycles. The Morgan fingerprint density at radius 3 is 2.62 bits per heavy atom. The van der Waals surface area contributed by atoms with Crippen LogP contribution < -0.4 is 4.74 Å². The van der Waals surface area contributed by atoms with Gasteiger partial charge >= 0.3 is 0 Å². The van der Waals surface area contributed by atoms with Crippen molar-refractivity contribution in [3.05, 3.63) is 22.7 Å². The lowest BCUT2D eigenvalue weighted by molar-refractivity contribution is 0.101. The Morgan fingerprint density at radius 2 is 2.15 bits per heavy atom. The molecule has 0 bridgehead atoms. The largest absolute Gasteiger partial charge is 0.506 e. The van der Waals surface area contributed by atoms with E-state index in [1.54, 1.807) is 0 Å². The van der Waals surface area contributed by atoms with E-state index in [9.17, 15) is 9.90 Å². The number of ether oxygens (including phenoxy) is 1. The van der Waals surface area contributed by atoms with Gasteiger partial charge in [-0.2, -0.15) is 0 Å². The molecule has 0 amide bonds. The summed E-state index contributed by atoms with van der Waals surface area (Å²) in [6, 6.07) is 2.84. The van der Waals surface area contributed by atoms with Crippen LogP contribution in [0.4, 0.5) is 0 Å². The van der Waals surface area contributed by atoms with Crippen molar-refractivity contribution in [3.8, 4) is 11.5 Å². The average molecular weight is 201 g/mol. The van der Waals surface area contributed by atoms with Gasteiger partial charge in [-0.15, -0.1) is 0 Å². The highest BCUT2D eigenvalue weighted by molar-refractivity contribution is 6.34. The first-order valence-corrected chi connectivity index (χ1v) is 4.02. The number of rotatable bonds is 2. The normalized spacial score (nSPS) is 9.77. The van der Waals surface area contributed by atoms with Crippen LogP contribution in [0.25, 0.3) is 0 Å². The molecule has 1 N–H and O–H groups in total. The van der Waals surface area contributed by atoms with Gasteiger partial charge in [0, 0.05) is 0 Å². The number of carbonyl (C=O) groups is 1. The number of benzene rings is 1. The molecule has 0 aromatic heterocycles. The van der Waals surface area contributed by atoms with Crippen molar-refractivity contribution in [1.29, 1.82) is 0 Å². The van der Waals surface area contributed by atoms with E-state index >= 15 is 0 Å². The lowest BCUT2D eigenvalue weighted by atomic mass is 10.1. The van der Waals surface area contributed by atoms with Crippen molar-refractivity contribution >= 4 is 17.4 Å². The van der Waals surface area contributed by atoms with E-state index in [-0.39, 0.29) is 22.3 Å². The van der Waals surface area contributed by atoms with E-state index < -0.39 is 0 Å².